The van der Waals surface area contributed by atoms with Gasteiger partial charge in [-0.05, 0) is 18.6 Å². The van der Waals surface area contributed by atoms with Crippen molar-refractivity contribution in [1.29, 1.82) is 0 Å². The number of esters is 1. The number of aryl methyl sites for hydroxylation is 1. The van der Waals surface area contributed by atoms with E-state index in [-0.39, 0.29) is 30.8 Å². The molecular formula is C10H16ClNO2S. The van der Waals surface area contributed by atoms with Crippen LogP contribution in [-0.4, -0.2) is 13.1 Å². The number of hydrogen-bond acceptors (Lipinski definition) is 4. The van der Waals surface area contributed by atoms with E-state index in [9.17, 15) is 4.79 Å². The second-order valence-electron chi connectivity index (χ2n) is 3.04. The molecule has 1 heterocycles. The highest BCUT2D eigenvalue weighted by molar-refractivity contribution is 7.12. The van der Waals surface area contributed by atoms with Gasteiger partial charge < -0.3 is 10.5 Å². The molecule has 0 aliphatic heterocycles. The standard InChI is InChI=1S/C10H15NO2S.ClH/c1-3-7-4-5-9(14-7)8(11)6-10(12)13-2;/h4-5,8H,3,6,11H2,1-2H3;1H/t8-;/m0./s1. The fourth-order valence-corrected chi connectivity index (χ4v) is 2.10. The molecule has 0 bridgehead atoms. The van der Waals surface area contributed by atoms with Crippen molar-refractivity contribution < 1.29 is 9.53 Å². The zero-order valence-electron chi connectivity index (χ0n) is 8.86. The molecule has 86 valence electrons. The molecule has 0 aliphatic carbocycles. The lowest BCUT2D eigenvalue weighted by atomic mass is 10.2. The monoisotopic (exact) mass is 249 g/mol. The van der Waals surface area contributed by atoms with Crippen LogP contribution in [0.25, 0.3) is 0 Å². The van der Waals surface area contributed by atoms with Gasteiger partial charge in [-0.1, -0.05) is 6.92 Å². The van der Waals surface area contributed by atoms with Crippen LogP contribution in [0.4, 0.5) is 0 Å². The third kappa shape index (κ3) is 4.20. The Balaban J connectivity index is 0.00000196. The highest BCUT2D eigenvalue weighted by Gasteiger charge is 2.13. The van der Waals surface area contributed by atoms with E-state index in [1.54, 1.807) is 11.3 Å². The Bertz CT molecular complexity index is 314. The summed E-state index contributed by atoms with van der Waals surface area (Å²) in [5, 5.41) is 0. The van der Waals surface area contributed by atoms with E-state index in [1.807, 2.05) is 6.07 Å². The Labute approximate surface area is 100 Å². The molecule has 1 aromatic heterocycles. The van der Waals surface area contributed by atoms with E-state index in [0.717, 1.165) is 11.3 Å². The van der Waals surface area contributed by atoms with Gasteiger partial charge in [0, 0.05) is 15.8 Å². The van der Waals surface area contributed by atoms with Crippen LogP contribution in [0.3, 0.4) is 0 Å². The molecule has 15 heavy (non-hydrogen) atoms. The van der Waals surface area contributed by atoms with Gasteiger partial charge in [-0.25, -0.2) is 0 Å². The largest absolute Gasteiger partial charge is 0.469 e. The Hall–Kier alpha value is -0.580. The van der Waals surface area contributed by atoms with E-state index in [0.29, 0.717) is 0 Å². The number of carbonyl (C=O) groups excluding carboxylic acids is 1. The van der Waals surface area contributed by atoms with Gasteiger partial charge in [-0.15, -0.1) is 23.7 Å². The van der Waals surface area contributed by atoms with E-state index >= 15 is 0 Å². The van der Waals surface area contributed by atoms with Crippen LogP contribution in [0, 0.1) is 0 Å². The molecule has 5 heteroatoms. The summed E-state index contributed by atoms with van der Waals surface area (Å²) in [5.74, 6) is -0.260. The first-order chi connectivity index (χ1) is 6.67. The van der Waals surface area contributed by atoms with Crippen LogP contribution in [-0.2, 0) is 16.0 Å². The molecule has 0 radical (unpaired) electrons. The molecule has 0 fully saturated rings. The lowest BCUT2D eigenvalue weighted by Gasteiger charge is -2.06. The van der Waals surface area contributed by atoms with Gasteiger partial charge in [-0.2, -0.15) is 0 Å². The predicted molar refractivity (Wildman–Crippen MR) is 64.5 cm³/mol. The Morgan fingerprint density at radius 3 is 2.73 bits per heavy atom. The number of halogens is 1. The van der Waals surface area contributed by atoms with E-state index < -0.39 is 0 Å². The average Bonchev–Trinajstić information content (AvgIpc) is 2.65. The zero-order valence-corrected chi connectivity index (χ0v) is 10.5. The maximum atomic E-state index is 11.0. The lowest BCUT2D eigenvalue weighted by molar-refractivity contribution is -0.141. The van der Waals surface area contributed by atoms with Gasteiger partial charge >= 0.3 is 5.97 Å². The van der Waals surface area contributed by atoms with Crippen LogP contribution in [0.1, 0.15) is 29.1 Å². The molecule has 0 aliphatic rings. The number of rotatable bonds is 4. The summed E-state index contributed by atoms with van der Waals surface area (Å²) in [5.41, 5.74) is 5.85. The molecule has 0 saturated carbocycles. The van der Waals surface area contributed by atoms with Crippen molar-refractivity contribution in [3.05, 3.63) is 21.9 Å². The highest BCUT2D eigenvalue weighted by Crippen LogP contribution is 2.24. The molecule has 0 unspecified atom stereocenters. The Morgan fingerprint density at radius 2 is 2.27 bits per heavy atom. The first-order valence-electron chi connectivity index (χ1n) is 4.58. The van der Waals surface area contributed by atoms with Crippen molar-refractivity contribution in [2.24, 2.45) is 5.73 Å². The quantitative estimate of drug-likeness (QED) is 0.833. The van der Waals surface area contributed by atoms with Crippen LogP contribution in [0.2, 0.25) is 0 Å². The summed E-state index contributed by atoms with van der Waals surface area (Å²) >= 11 is 1.66. The summed E-state index contributed by atoms with van der Waals surface area (Å²) in [7, 11) is 1.38. The number of hydrogen-bond donors (Lipinski definition) is 1. The predicted octanol–water partition coefficient (Wildman–Crippen LogP) is 2.30. The fraction of sp³-hybridized carbons (Fsp3) is 0.500. The molecule has 1 aromatic rings. The SMILES string of the molecule is CCc1ccc([C@@H](N)CC(=O)OC)s1.Cl. The normalized spacial score (nSPS) is 11.7. The Morgan fingerprint density at radius 1 is 1.60 bits per heavy atom. The maximum Gasteiger partial charge on any atom is 0.307 e. The average molecular weight is 250 g/mol. The van der Waals surface area contributed by atoms with Crippen molar-refractivity contribution in [2.75, 3.05) is 7.11 Å². The molecule has 1 atom stereocenters. The lowest BCUT2D eigenvalue weighted by Crippen LogP contribution is -2.15. The smallest absolute Gasteiger partial charge is 0.307 e. The van der Waals surface area contributed by atoms with Crippen LogP contribution < -0.4 is 5.73 Å². The highest BCUT2D eigenvalue weighted by atomic mass is 35.5. The summed E-state index contributed by atoms with van der Waals surface area (Å²) < 4.78 is 4.56. The third-order valence-corrected chi connectivity index (χ3v) is 3.37. The van der Waals surface area contributed by atoms with Crippen LogP contribution in [0.5, 0.6) is 0 Å². The van der Waals surface area contributed by atoms with Gasteiger partial charge in [0.05, 0.1) is 13.5 Å². The second kappa shape index (κ2) is 6.82. The zero-order chi connectivity index (χ0) is 10.6. The van der Waals surface area contributed by atoms with Gasteiger partial charge in [0.15, 0.2) is 0 Å². The number of thiophene rings is 1. The van der Waals surface area contributed by atoms with E-state index in [2.05, 4.69) is 17.7 Å². The molecule has 3 nitrogen and oxygen atoms in total. The summed E-state index contributed by atoms with van der Waals surface area (Å²) in [6.07, 6.45) is 1.26. The minimum absolute atomic E-state index is 0. The van der Waals surface area contributed by atoms with Gasteiger partial charge in [0.25, 0.3) is 0 Å². The van der Waals surface area contributed by atoms with E-state index in [1.165, 1.54) is 12.0 Å². The van der Waals surface area contributed by atoms with Crippen molar-refractivity contribution in [1.82, 2.24) is 0 Å². The molecular weight excluding hydrogens is 234 g/mol. The molecule has 1 rings (SSSR count). The van der Waals surface area contributed by atoms with E-state index in [4.69, 9.17) is 5.73 Å². The third-order valence-electron chi connectivity index (χ3n) is 2.01. The van der Waals surface area contributed by atoms with Crippen LogP contribution >= 0.6 is 23.7 Å². The van der Waals surface area contributed by atoms with Gasteiger partial charge in [0.1, 0.15) is 0 Å². The van der Waals surface area contributed by atoms with Crippen LogP contribution in [0.15, 0.2) is 12.1 Å². The number of ether oxygens (including phenoxy) is 1. The van der Waals surface area contributed by atoms with Crippen molar-refractivity contribution in [3.63, 3.8) is 0 Å². The Kier molecular flexibility index (Phi) is 6.56. The molecule has 2 N–H and O–H groups in total. The maximum absolute atomic E-state index is 11.0. The summed E-state index contributed by atoms with van der Waals surface area (Å²) in [6, 6.07) is 3.81. The topological polar surface area (TPSA) is 52.3 Å². The number of nitrogens with two attached hydrogens (primary N) is 1. The van der Waals surface area contributed by atoms with Crippen molar-refractivity contribution in [3.8, 4) is 0 Å². The van der Waals surface area contributed by atoms with Crippen molar-refractivity contribution in [2.45, 2.75) is 25.8 Å². The first-order valence-corrected chi connectivity index (χ1v) is 5.40. The second-order valence-corrected chi connectivity index (χ2v) is 4.24. The number of methoxy groups -OCH3 is 1. The molecule has 0 spiro atoms. The molecule has 0 amide bonds. The van der Waals surface area contributed by atoms with Gasteiger partial charge in [0.2, 0.25) is 0 Å². The minimum atomic E-state index is -0.260. The summed E-state index contributed by atoms with van der Waals surface area (Å²) in [6.45, 7) is 2.10. The number of carbonyl (C=O) groups is 1. The molecule has 0 aromatic carbocycles. The summed E-state index contributed by atoms with van der Waals surface area (Å²) in [4.78, 5) is 13.3. The molecule has 0 saturated heterocycles. The van der Waals surface area contributed by atoms with Gasteiger partial charge in [-0.3, -0.25) is 4.79 Å². The minimum Gasteiger partial charge on any atom is -0.469 e. The first kappa shape index (κ1) is 14.4. The fourth-order valence-electron chi connectivity index (χ4n) is 1.15. The van der Waals surface area contributed by atoms with Crippen molar-refractivity contribution >= 4 is 29.7 Å².